The van der Waals surface area contributed by atoms with Crippen LogP contribution < -0.4 is 0 Å². The highest BCUT2D eigenvalue weighted by molar-refractivity contribution is 4.89. The van der Waals surface area contributed by atoms with Crippen molar-refractivity contribution in [1.82, 2.24) is 0 Å². The minimum atomic E-state index is -4.15. The fourth-order valence-corrected chi connectivity index (χ4v) is 1.06. The molecule has 0 saturated heterocycles. The molecular formula is C9H15F3. The van der Waals surface area contributed by atoms with Crippen LogP contribution in [-0.4, -0.2) is 6.18 Å². The molecule has 2 atom stereocenters. The van der Waals surface area contributed by atoms with Crippen molar-refractivity contribution in [1.29, 1.82) is 0 Å². The van der Waals surface area contributed by atoms with Gasteiger partial charge in [0.05, 0.1) is 5.92 Å². The molecule has 0 aliphatic heterocycles. The molecule has 0 aromatic heterocycles. The lowest BCUT2D eigenvalue weighted by Gasteiger charge is -2.26. The first-order valence-corrected chi connectivity index (χ1v) is 4.00. The Labute approximate surface area is 71.5 Å². The van der Waals surface area contributed by atoms with Crippen LogP contribution >= 0.6 is 0 Å². The summed E-state index contributed by atoms with van der Waals surface area (Å²) in [6.45, 7) is 8.38. The van der Waals surface area contributed by atoms with E-state index < -0.39 is 18.0 Å². The van der Waals surface area contributed by atoms with Gasteiger partial charge in [-0.05, 0) is 11.8 Å². The highest BCUT2D eigenvalue weighted by atomic mass is 19.4. The molecule has 0 radical (unpaired) electrons. The minimum Gasteiger partial charge on any atom is -0.170 e. The quantitative estimate of drug-likeness (QED) is 0.581. The van der Waals surface area contributed by atoms with E-state index >= 15 is 0 Å². The van der Waals surface area contributed by atoms with Crippen LogP contribution in [0.5, 0.6) is 0 Å². The molecule has 0 aromatic rings. The molecular weight excluding hydrogens is 165 g/mol. The molecule has 0 bridgehead atoms. The lowest BCUT2D eigenvalue weighted by atomic mass is 9.84. The Hall–Kier alpha value is -0.470. The van der Waals surface area contributed by atoms with E-state index in [1.165, 1.54) is 0 Å². The molecule has 0 N–H and O–H groups in total. The second kappa shape index (κ2) is 3.97. The molecule has 3 heteroatoms. The Morgan fingerprint density at radius 3 is 1.67 bits per heavy atom. The van der Waals surface area contributed by atoms with Crippen LogP contribution in [0, 0.1) is 17.8 Å². The van der Waals surface area contributed by atoms with Crippen LogP contribution in [-0.2, 0) is 0 Å². The third kappa shape index (κ3) is 2.88. The van der Waals surface area contributed by atoms with Crippen LogP contribution in [0.25, 0.3) is 0 Å². The lowest BCUT2D eigenvalue weighted by molar-refractivity contribution is -0.176. The molecule has 0 fully saturated rings. The van der Waals surface area contributed by atoms with Crippen LogP contribution in [0.15, 0.2) is 12.7 Å². The summed E-state index contributed by atoms with van der Waals surface area (Å²) in [6, 6.07) is 0. The second-order valence-corrected chi connectivity index (χ2v) is 3.41. The molecule has 0 heterocycles. The SMILES string of the molecule is C=CC([C@H](C)C(C)C)C(F)(F)F. The van der Waals surface area contributed by atoms with Gasteiger partial charge < -0.3 is 0 Å². The number of alkyl halides is 3. The van der Waals surface area contributed by atoms with Crippen molar-refractivity contribution in [2.75, 3.05) is 0 Å². The summed E-state index contributed by atoms with van der Waals surface area (Å²) in [5.41, 5.74) is 0. The summed E-state index contributed by atoms with van der Waals surface area (Å²) < 4.78 is 36.8. The Morgan fingerprint density at radius 1 is 1.17 bits per heavy atom. The molecule has 0 nitrogen and oxygen atoms in total. The zero-order chi connectivity index (χ0) is 9.94. The van der Waals surface area contributed by atoms with Gasteiger partial charge in [-0.2, -0.15) is 13.2 Å². The van der Waals surface area contributed by atoms with E-state index in [4.69, 9.17) is 0 Å². The first kappa shape index (κ1) is 11.5. The Balaban J connectivity index is 4.45. The summed E-state index contributed by atoms with van der Waals surface area (Å²) in [7, 11) is 0. The van der Waals surface area contributed by atoms with Crippen molar-refractivity contribution >= 4 is 0 Å². The Bertz CT molecular complexity index is 146. The van der Waals surface area contributed by atoms with Crippen molar-refractivity contribution in [3.8, 4) is 0 Å². The Morgan fingerprint density at radius 2 is 1.58 bits per heavy atom. The average Bonchev–Trinajstić information content (AvgIpc) is 1.85. The molecule has 0 rings (SSSR count). The fraction of sp³-hybridized carbons (Fsp3) is 0.778. The van der Waals surface area contributed by atoms with Crippen molar-refractivity contribution in [3.05, 3.63) is 12.7 Å². The normalized spacial score (nSPS) is 17.6. The van der Waals surface area contributed by atoms with Gasteiger partial charge in [0.25, 0.3) is 0 Å². The molecule has 12 heavy (non-hydrogen) atoms. The maximum Gasteiger partial charge on any atom is 0.395 e. The monoisotopic (exact) mass is 180 g/mol. The van der Waals surface area contributed by atoms with Gasteiger partial charge in [-0.15, -0.1) is 6.58 Å². The summed E-state index contributed by atoms with van der Waals surface area (Å²) in [5, 5.41) is 0. The number of halogens is 3. The predicted octanol–water partition coefficient (Wildman–Crippen LogP) is 3.64. The van der Waals surface area contributed by atoms with Crippen LogP contribution in [0.4, 0.5) is 13.2 Å². The minimum absolute atomic E-state index is 0.0228. The van der Waals surface area contributed by atoms with E-state index in [1.807, 2.05) is 0 Å². The third-order valence-corrected chi connectivity index (χ3v) is 2.25. The van der Waals surface area contributed by atoms with Gasteiger partial charge in [0, 0.05) is 0 Å². The van der Waals surface area contributed by atoms with Gasteiger partial charge in [0.2, 0.25) is 0 Å². The van der Waals surface area contributed by atoms with Crippen molar-refractivity contribution in [2.24, 2.45) is 17.8 Å². The van der Waals surface area contributed by atoms with Crippen molar-refractivity contribution in [2.45, 2.75) is 26.9 Å². The predicted molar refractivity (Wildman–Crippen MR) is 43.7 cm³/mol. The number of allylic oxidation sites excluding steroid dienone is 1. The van der Waals surface area contributed by atoms with Gasteiger partial charge in [-0.1, -0.05) is 26.8 Å². The molecule has 0 aromatic carbocycles. The van der Waals surface area contributed by atoms with E-state index in [0.29, 0.717) is 0 Å². The van der Waals surface area contributed by atoms with E-state index in [0.717, 1.165) is 6.08 Å². The molecule has 0 saturated carbocycles. The van der Waals surface area contributed by atoms with Gasteiger partial charge >= 0.3 is 6.18 Å². The molecule has 1 unspecified atom stereocenters. The molecule has 0 aliphatic carbocycles. The summed E-state index contributed by atoms with van der Waals surface area (Å²) in [5.74, 6) is -1.75. The zero-order valence-electron chi connectivity index (χ0n) is 7.65. The molecule has 72 valence electrons. The third-order valence-electron chi connectivity index (χ3n) is 2.25. The van der Waals surface area contributed by atoms with E-state index in [-0.39, 0.29) is 5.92 Å². The maximum absolute atomic E-state index is 12.3. The average molecular weight is 180 g/mol. The lowest BCUT2D eigenvalue weighted by Crippen LogP contribution is -2.29. The van der Waals surface area contributed by atoms with Gasteiger partial charge in [0.1, 0.15) is 0 Å². The van der Waals surface area contributed by atoms with Crippen molar-refractivity contribution in [3.63, 3.8) is 0 Å². The highest BCUT2D eigenvalue weighted by Crippen LogP contribution is 2.35. The molecule has 0 amide bonds. The first-order valence-electron chi connectivity index (χ1n) is 4.00. The van der Waals surface area contributed by atoms with Crippen LogP contribution in [0.2, 0.25) is 0 Å². The van der Waals surface area contributed by atoms with E-state index in [1.54, 1.807) is 20.8 Å². The summed E-state index contributed by atoms with van der Waals surface area (Å²) >= 11 is 0. The highest BCUT2D eigenvalue weighted by Gasteiger charge is 2.41. The van der Waals surface area contributed by atoms with Crippen molar-refractivity contribution < 1.29 is 13.2 Å². The maximum atomic E-state index is 12.3. The summed E-state index contributed by atoms with van der Waals surface area (Å²) in [6.07, 6.45) is -3.16. The van der Waals surface area contributed by atoms with Gasteiger partial charge in [0.15, 0.2) is 0 Å². The zero-order valence-corrected chi connectivity index (χ0v) is 7.65. The van der Waals surface area contributed by atoms with E-state index in [9.17, 15) is 13.2 Å². The standard InChI is InChI=1S/C9H15F3/c1-5-8(9(10,11)12)7(4)6(2)3/h5-8H,1H2,2-4H3/t7-,8?/m1/s1. The van der Waals surface area contributed by atoms with E-state index in [2.05, 4.69) is 6.58 Å². The second-order valence-electron chi connectivity index (χ2n) is 3.41. The fourth-order valence-electron chi connectivity index (χ4n) is 1.06. The molecule has 0 aliphatic rings. The number of hydrogen-bond acceptors (Lipinski definition) is 0. The smallest absolute Gasteiger partial charge is 0.170 e. The van der Waals surface area contributed by atoms with Gasteiger partial charge in [-0.3, -0.25) is 0 Å². The van der Waals surface area contributed by atoms with Gasteiger partial charge in [-0.25, -0.2) is 0 Å². The van der Waals surface area contributed by atoms with Crippen LogP contribution in [0.3, 0.4) is 0 Å². The number of rotatable bonds is 3. The molecule has 0 spiro atoms. The Kier molecular flexibility index (Phi) is 3.81. The van der Waals surface area contributed by atoms with Crippen LogP contribution in [0.1, 0.15) is 20.8 Å². The largest absolute Gasteiger partial charge is 0.395 e. The summed E-state index contributed by atoms with van der Waals surface area (Å²) in [4.78, 5) is 0. The number of hydrogen-bond donors (Lipinski definition) is 0. The topological polar surface area (TPSA) is 0 Å². The first-order chi connectivity index (χ1) is 5.30.